The molecule has 0 aromatic heterocycles. The fourth-order valence-corrected chi connectivity index (χ4v) is 4.52. The van der Waals surface area contributed by atoms with E-state index in [4.69, 9.17) is 27.9 Å². The summed E-state index contributed by atoms with van der Waals surface area (Å²) in [4.78, 5) is 23.9. The number of para-hydroxylation sites is 1. The average molecular weight is 446 g/mol. The van der Waals surface area contributed by atoms with E-state index in [9.17, 15) is 18.0 Å². The molecule has 0 spiro atoms. The maximum atomic E-state index is 13.3. The third-order valence-corrected chi connectivity index (χ3v) is 6.11. The maximum Gasteiger partial charge on any atom is 0.340 e. The molecule has 0 aliphatic carbocycles. The van der Waals surface area contributed by atoms with E-state index in [-0.39, 0.29) is 32.8 Å². The number of hydrogen-bond acceptors (Lipinski definition) is 6. The Morgan fingerprint density at radius 3 is 2.43 bits per heavy atom. The van der Waals surface area contributed by atoms with Crippen LogP contribution in [0.1, 0.15) is 17.3 Å². The van der Waals surface area contributed by atoms with Gasteiger partial charge in [-0.25, -0.2) is 13.2 Å². The molecule has 0 aliphatic heterocycles. The smallest absolute Gasteiger partial charge is 0.340 e. The van der Waals surface area contributed by atoms with Gasteiger partial charge in [-0.3, -0.25) is 9.10 Å². The van der Waals surface area contributed by atoms with E-state index in [0.29, 0.717) is 0 Å². The fourth-order valence-electron chi connectivity index (χ4n) is 2.35. The van der Waals surface area contributed by atoms with Gasteiger partial charge in [0.15, 0.2) is 0 Å². The highest BCUT2D eigenvalue weighted by Crippen LogP contribution is 2.32. The molecule has 2 aromatic rings. The highest BCUT2D eigenvalue weighted by Gasteiger charge is 2.32. The molecule has 0 heterocycles. The Morgan fingerprint density at radius 1 is 1.11 bits per heavy atom. The zero-order valence-electron chi connectivity index (χ0n) is 15.0. The summed E-state index contributed by atoms with van der Waals surface area (Å²) in [7, 11) is -3.25. The Labute approximate surface area is 172 Å². The van der Waals surface area contributed by atoms with Gasteiger partial charge in [0.2, 0.25) is 0 Å². The summed E-state index contributed by atoms with van der Waals surface area (Å²) in [6.07, 6.45) is 0. The van der Waals surface area contributed by atoms with Crippen LogP contribution in [0.5, 0.6) is 0 Å². The predicted octanol–water partition coefficient (Wildman–Crippen LogP) is 3.54. The van der Waals surface area contributed by atoms with Crippen molar-refractivity contribution in [3.63, 3.8) is 0 Å². The first-order valence-corrected chi connectivity index (χ1v) is 10.2. The third-order valence-electron chi connectivity index (χ3n) is 3.63. The van der Waals surface area contributed by atoms with Gasteiger partial charge in [-0.1, -0.05) is 35.3 Å². The van der Waals surface area contributed by atoms with Crippen LogP contribution in [0.2, 0.25) is 10.0 Å². The van der Waals surface area contributed by atoms with Crippen LogP contribution in [-0.4, -0.2) is 40.6 Å². The number of ether oxygens (including phenoxy) is 2. The van der Waals surface area contributed by atoms with E-state index in [1.807, 2.05) is 0 Å². The second kappa shape index (κ2) is 9.27. The first-order chi connectivity index (χ1) is 13.2. The number of benzene rings is 2. The molecule has 0 N–H and O–H groups in total. The third kappa shape index (κ3) is 4.76. The van der Waals surface area contributed by atoms with Gasteiger partial charge in [0.25, 0.3) is 10.0 Å². The van der Waals surface area contributed by atoms with Crippen molar-refractivity contribution in [2.75, 3.05) is 24.6 Å². The number of esters is 2. The van der Waals surface area contributed by atoms with Crippen LogP contribution in [0.25, 0.3) is 0 Å². The lowest BCUT2D eigenvalue weighted by Crippen LogP contribution is -2.37. The lowest BCUT2D eigenvalue weighted by molar-refractivity contribution is -0.138. The molecule has 0 fully saturated rings. The molecule has 2 rings (SSSR count). The summed E-state index contributed by atoms with van der Waals surface area (Å²) >= 11 is 12.0. The van der Waals surface area contributed by atoms with Crippen molar-refractivity contribution in [2.24, 2.45) is 0 Å². The number of rotatable bonds is 7. The zero-order valence-corrected chi connectivity index (χ0v) is 17.3. The molecule has 0 saturated heterocycles. The first kappa shape index (κ1) is 22.0. The maximum absolute atomic E-state index is 13.3. The molecule has 10 heteroatoms. The van der Waals surface area contributed by atoms with E-state index < -0.39 is 28.5 Å². The predicted molar refractivity (Wildman–Crippen MR) is 105 cm³/mol. The summed E-state index contributed by atoms with van der Waals surface area (Å²) in [6.45, 7) is 1.03. The Morgan fingerprint density at radius 2 is 1.79 bits per heavy atom. The summed E-state index contributed by atoms with van der Waals surface area (Å²) in [6, 6.07) is 9.77. The van der Waals surface area contributed by atoms with Gasteiger partial charge in [-0.2, -0.15) is 0 Å². The zero-order chi connectivity index (χ0) is 20.9. The number of sulfonamides is 1. The van der Waals surface area contributed by atoms with Crippen molar-refractivity contribution in [3.05, 3.63) is 58.1 Å². The number of nitrogens with zero attached hydrogens (tertiary/aromatic N) is 1. The molecule has 0 atom stereocenters. The van der Waals surface area contributed by atoms with Gasteiger partial charge in [0, 0.05) is 5.02 Å². The molecule has 2 aromatic carbocycles. The van der Waals surface area contributed by atoms with Crippen LogP contribution in [0.15, 0.2) is 47.4 Å². The van der Waals surface area contributed by atoms with Gasteiger partial charge < -0.3 is 9.47 Å². The molecule has 0 aliphatic rings. The molecule has 0 saturated carbocycles. The number of anilines is 1. The van der Waals surface area contributed by atoms with Crippen molar-refractivity contribution in [1.82, 2.24) is 0 Å². The molecule has 28 heavy (non-hydrogen) atoms. The SMILES string of the molecule is CCOC(=O)c1ccccc1N(CC(=O)OC)S(=O)(=O)c1cc(Cl)ccc1Cl. The number of carbonyl (C=O) groups is 2. The first-order valence-electron chi connectivity index (χ1n) is 8.03. The van der Waals surface area contributed by atoms with E-state index in [2.05, 4.69) is 4.74 Å². The van der Waals surface area contributed by atoms with Crippen molar-refractivity contribution in [3.8, 4) is 0 Å². The van der Waals surface area contributed by atoms with Crippen molar-refractivity contribution < 1.29 is 27.5 Å². The van der Waals surface area contributed by atoms with E-state index >= 15 is 0 Å². The highest BCUT2D eigenvalue weighted by atomic mass is 35.5. The molecular formula is C18H17Cl2NO6S. The summed E-state index contributed by atoms with van der Waals surface area (Å²) in [5.74, 6) is -1.57. The van der Waals surface area contributed by atoms with E-state index in [1.165, 1.54) is 30.3 Å². The molecule has 0 radical (unpaired) electrons. The Bertz CT molecular complexity index is 993. The van der Waals surface area contributed by atoms with E-state index in [1.54, 1.807) is 13.0 Å². The summed E-state index contributed by atoms with van der Waals surface area (Å²) in [5, 5.41) is 0.0487. The lowest BCUT2D eigenvalue weighted by atomic mass is 10.2. The molecule has 0 amide bonds. The van der Waals surface area contributed by atoms with Crippen LogP contribution in [0, 0.1) is 0 Å². The van der Waals surface area contributed by atoms with Crippen LogP contribution >= 0.6 is 23.2 Å². The molecule has 0 bridgehead atoms. The van der Waals surface area contributed by atoms with Gasteiger partial charge in [0.1, 0.15) is 11.4 Å². The summed E-state index contributed by atoms with van der Waals surface area (Å²) in [5.41, 5.74) is -0.0858. The van der Waals surface area contributed by atoms with Crippen LogP contribution < -0.4 is 4.31 Å². The van der Waals surface area contributed by atoms with Gasteiger partial charge in [-0.05, 0) is 37.3 Å². The van der Waals surface area contributed by atoms with Crippen molar-refractivity contribution in [1.29, 1.82) is 0 Å². The number of halogens is 2. The molecular weight excluding hydrogens is 429 g/mol. The quantitative estimate of drug-likeness (QED) is 0.605. The Hall–Kier alpha value is -2.29. The number of methoxy groups -OCH3 is 1. The minimum absolute atomic E-state index is 0.0324. The topological polar surface area (TPSA) is 90.0 Å². The largest absolute Gasteiger partial charge is 0.468 e. The van der Waals surface area contributed by atoms with Crippen LogP contribution in [0.3, 0.4) is 0 Å². The van der Waals surface area contributed by atoms with Crippen molar-refractivity contribution >= 4 is 50.9 Å². The van der Waals surface area contributed by atoms with Gasteiger partial charge in [0.05, 0.1) is 30.0 Å². The second-order valence-corrected chi connectivity index (χ2v) is 8.07. The van der Waals surface area contributed by atoms with Crippen LogP contribution in [-0.2, 0) is 24.3 Å². The minimum Gasteiger partial charge on any atom is -0.468 e. The Balaban J connectivity index is 2.69. The normalized spacial score (nSPS) is 11.0. The summed E-state index contributed by atoms with van der Waals surface area (Å²) < 4.78 is 37.0. The lowest BCUT2D eigenvalue weighted by Gasteiger charge is -2.25. The minimum atomic E-state index is -4.38. The van der Waals surface area contributed by atoms with E-state index in [0.717, 1.165) is 17.5 Å². The van der Waals surface area contributed by atoms with Gasteiger partial charge in [-0.15, -0.1) is 0 Å². The molecule has 150 valence electrons. The van der Waals surface area contributed by atoms with Crippen molar-refractivity contribution in [2.45, 2.75) is 11.8 Å². The number of hydrogen-bond donors (Lipinski definition) is 0. The second-order valence-electron chi connectivity index (χ2n) is 5.40. The molecule has 7 nitrogen and oxygen atoms in total. The average Bonchev–Trinajstić information content (AvgIpc) is 2.67. The van der Waals surface area contributed by atoms with Crippen LogP contribution in [0.4, 0.5) is 5.69 Å². The molecule has 0 unspecified atom stereocenters. The standard InChI is InChI=1S/C18H17Cl2NO6S/c1-3-27-18(23)13-6-4-5-7-15(13)21(11-17(22)26-2)28(24,25)16-10-12(19)8-9-14(16)20/h4-10H,3,11H2,1-2H3. The Kier molecular flexibility index (Phi) is 7.29. The highest BCUT2D eigenvalue weighted by molar-refractivity contribution is 7.93. The number of carbonyl (C=O) groups excluding carboxylic acids is 2. The monoisotopic (exact) mass is 445 g/mol. The van der Waals surface area contributed by atoms with Gasteiger partial charge >= 0.3 is 11.9 Å². The fraction of sp³-hybridized carbons (Fsp3) is 0.222.